The number of carbonyl (C=O) groups is 1. The lowest BCUT2D eigenvalue weighted by atomic mass is 10.2. The van der Waals surface area contributed by atoms with Crippen molar-refractivity contribution < 1.29 is 9.32 Å². The Balaban J connectivity index is 1.58. The van der Waals surface area contributed by atoms with E-state index in [0.717, 1.165) is 43.7 Å². The molecule has 104 valence electrons. The Morgan fingerprint density at radius 2 is 2.30 bits per heavy atom. The van der Waals surface area contributed by atoms with Gasteiger partial charge in [0, 0.05) is 17.8 Å². The van der Waals surface area contributed by atoms with Gasteiger partial charge in [0.1, 0.15) is 0 Å². The summed E-state index contributed by atoms with van der Waals surface area (Å²) in [7, 11) is 0. The van der Waals surface area contributed by atoms with E-state index in [1.54, 1.807) is 11.3 Å². The van der Waals surface area contributed by atoms with Gasteiger partial charge < -0.3 is 9.42 Å². The summed E-state index contributed by atoms with van der Waals surface area (Å²) in [5.41, 5.74) is 0.757. The molecular weight excluding hydrogens is 274 g/mol. The van der Waals surface area contributed by atoms with E-state index in [4.69, 9.17) is 4.52 Å². The minimum atomic E-state index is -0.0290. The third-order valence-corrected chi connectivity index (χ3v) is 4.65. The van der Waals surface area contributed by atoms with Crippen molar-refractivity contribution in [1.29, 1.82) is 0 Å². The Morgan fingerprint density at radius 1 is 1.40 bits per heavy atom. The highest BCUT2D eigenvalue weighted by Crippen LogP contribution is 2.40. The smallest absolute Gasteiger partial charge is 0.255 e. The molecule has 0 bridgehead atoms. The number of likely N-dealkylation sites (tertiary alicyclic amines) is 1. The maximum Gasteiger partial charge on any atom is 0.255 e. The third kappa shape index (κ3) is 2.04. The van der Waals surface area contributed by atoms with E-state index < -0.39 is 0 Å². The molecule has 0 aromatic carbocycles. The first-order valence-electron chi connectivity index (χ1n) is 6.99. The molecule has 2 aliphatic rings. The normalized spacial score (nSPS) is 22.4. The molecule has 2 fully saturated rings. The molecule has 1 aliphatic carbocycles. The van der Waals surface area contributed by atoms with Crippen LogP contribution in [0.2, 0.25) is 0 Å². The van der Waals surface area contributed by atoms with Crippen molar-refractivity contribution in [3.8, 4) is 0 Å². The fourth-order valence-electron chi connectivity index (χ4n) is 2.71. The van der Waals surface area contributed by atoms with Gasteiger partial charge in [0.2, 0.25) is 5.89 Å². The zero-order chi connectivity index (χ0) is 13.5. The Kier molecular flexibility index (Phi) is 2.84. The van der Waals surface area contributed by atoms with Crippen LogP contribution in [0, 0.1) is 0 Å². The molecule has 0 radical (unpaired) electrons. The molecule has 1 aliphatic heterocycles. The van der Waals surface area contributed by atoms with E-state index >= 15 is 0 Å². The molecule has 0 spiro atoms. The summed E-state index contributed by atoms with van der Waals surface area (Å²) >= 11 is 1.54. The summed E-state index contributed by atoms with van der Waals surface area (Å²) in [4.78, 5) is 18.9. The molecular formula is C14H15N3O2S. The maximum atomic E-state index is 12.5. The van der Waals surface area contributed by atoms with Gasteiger partial charge in [0.25, 0.3) is 5.91 Å². The molecule has 1 saturated carbocycles. The van der Waals surface area contributed by atoms with Gasteiger partial charge in [-0.1, -0.05) is 5.16 Å². The summed E-state index contributed by atoms with van der Waals surface area (Å²) in [5.74, 6) is 1.95. The van der Waals surface area contributed by atoms with Gasteiger partial charge in [0.05, 0.1) is 11.6 Å². The molecule has 1 atom stereocenters. The Hall–Kier alpha value is -1.69. The summed E-state index contributed by atoms with van der Waals surface area (Å²) in [6, 6.07) is 1.84. The predicted octanol–water partition coefficient (Wildman–Crippen LogP) is 2.99. The summed E-state index contributed by atoms with van der Waals surface area (Å²) < 4.78 is 5.32. The van der Waals surface area contributed by atoms with Crippen LogP contribution in [0.4, 0.5) is 0 Å². The Bertz CT molecular complexity index is 618. The number of hydrogen-bond donors (Lipinski definition) is 0. The van der Waals surface area contributed by atoms with Crippen LogP contribution in [-0.2, 0) is 0 Å². The second-order valence-electron chi connectivity index (χ2n) is 5.43. The number of aromatic nitrogens is 2. The molecule has 2 aromatic rings. The van der Waals surface area contributed by atoms with E-state index in [2.05, 4.69) is 10.1 Å². The Morgan fingerprint density at radius 3 is 3.05 bits per heavy atom. The van der Waals surface area contributed by atoms with E-state index in [-0.39, 0.29) is 11.9 Å². The molecule has 20 heavy (non-hydrogen) atoms. The topological polar surface area (TPSA) is 59.2 Å². The number of amides is 1. The van der Waals surface area contributed by atoms with E-state index in [0.29, 0.717) is 11.7 Å². The quantitative estimate of drug-likeness (QED) is 0.871. The second-order valence-corrected chi connectivity index (χ2v) is 6.21. The van der Waals surface area contributed by atoms with Gasteiger partial charge in [-0.3, -0.25) is 4.79 Å². The zero-order valence-corrected chi connectivity index (χ0v) is 11.8. The highest BCUT2D eigenvalue weighted by Gasteiger charge is 2.36. The third-order valence-electron chi connectivity index (χ3n) is 3.96. The fourth-order valence-corrected chi connectivity index (χ4v) is 3.34. The van der Waals surface area contributed by atoms with Crippen molar-refractivity contribution in [1.82, 2.24) is 15.0 Å². The van der Waals surface area contributed by atoms with Crippen molar-refractivity contribution in [2.45, 2.75) is 37.6 Å². The predicted molar refractivity (Wildman–Crippen MR) is 73.6 cm³/mol. The number of thiophene rings is 1. The van der Waals surface area contributed by atoms with Crippen molar-refractivity contribution in [3.05, 3.63) is 34.1 Å². The summed E-state index contributed by atoms with van der Waals surface area (Å²) in [6.45, 7) is 0.770. The molecule has 1 unspecified atom stereocenters. The van der Waals surface area contributed by atoms with Crippen LogP contribution < -0.4 is 0 Å². The van der Waals surface area contributed by atoms with Gasteiger partial charge >= 0.3 is 0 Å². The van der Waals surface area contributed by atoms with Crippen LogP contribution in [0.25, 0.3) is 0 Å². The summed E-state index contributed by atoms with van der Waals surface area (Å²) in [5, 5.41) is 7.92. The van der Waals surface area contributed by atoms with Gasteiger partial charge in [0.15, 0.2) is 5.82 Å². The lowest BCUT2D eigenvalue weighted by Crippen LogP contribution is -2.30. The van der Waals surface area contributed by atoms with Crippen LogP contribution in [0.5, 0.6) is 0 Å². The van der Waals surface area contributed by atoms with Crippen LogP contribution in [-0.4, -0.2) is 27.5 Å². The summed E-state index contributed by atoms with van der Waals surface area (Å²) in [6.07, 6.45) is 4.20. The lowest BCUT2D eigenvalue weighted by Gasteiger charge is -2.21. The maximum absolute atomic E-state index is 12.5. The van der Waals surface area contributed by atoms with E-state index in [9.17, 15) is 4.79 Å². The molecule has 4 rings (SSSR count). The molecule has 1 saturated heterocycles. The largest absolute Gasteiger partial charge is 0.339 e. The average molecular weight is 289 g/mol. The van der Waals surface area contributed by atoms with Crippen LogP contribution >= 0.6 is 11.3 Å². The number of nitrogens with zero attached hydrogens (tertiary/aromatic N) is 3. The SMILES string of the molecule is O=C(c1ccsc1)N1CCCC1c1noc(C2CC2)n1. The van der Waals surface area contributed by atoms with Crippen molar-refractivity contribution in [3.63, 3.8) is 0 Å². The van der Waals surface area contributed by atoms with Gasteiger partial charge in [-0.2, -0.15) is 16.3 Å². The highest BCUT2D eigenvalue weighted by molar-refractivity contribution is 7.08. The first kappa shape index (κ1) is 12.1. The lowest BCUT2D eigenvalue weighted by molar-refractivity contribution is 0.0729. The standard InChI is InChI=1S/C14H15N3O2S/c18-14(10-5-7-20-8-10)17-6-1-2-11(17)12-15-13(19-16-12)9-3-4-9/h5,7-9,11H,1-4,6H2. The molecule has 0 N–H and O–H groups in total. The highest BCUT2D eigenvalue weighted by atomic mass is 32.1. The molecule has 5 nitrogen and oxygen atoms in total. The van der Waals surface area contributed by atoms with Crippen LogP contribution in [0.3, 0.4) is 0 Å². The van der Waals surface area contributed by atoms with E-state index in [1.807, 2.05) is 21.7 Å². The van der Waals surface area contributed by atoms with Crippen molar-refractivity contribution in [2.24, 2.45) is 0 Å². The molecule has 2 aromatic heterocycles. The van der Waals surface area contributed by atoms with E-state index in [1.165, 1.54) is 0 Å². The second kappa shape index (κ2) is 4.70. The molecule has 1 amide bonds. The molecule has 3 heterocycles. The van der Waals surface area contributed by atoms with Crippen molar-refractivity contribution in [2.75, 3.05) is 6.54 Å². The van der Waals surface area contributed by atoms with Crippen LogP contribution in [0.1, 0.15) is 59.7 Å². The van der Waals surface area contributed by atoms with Gasteiger partial charge in [-0.25, -0.2) is 0 Å². The van der Waals surface area contributed by atoms with Gasteiger partial charge in [-0.15, -0.1) is 0 Å². The fraction of sp³-hybridized carbons (Fsp3) is 0.500. The number of hydrogen-bond acceptors (Lipinski definition) is 5. The number of carbonyl (C=O) groups excluding carboxylic acids is 1. The first-order chi connectivity index (χ1) is 9.83. The number of rotatable bonds is 3. The molecule has 6 heteroatoms. The Labute approximate surface area is 120 Å². The monoisotopic (exact) mass is 289 g/mol. The van der Waals surface area contributed by atoms with Gasteiger partial charge in [-0.05, 0) is 37.1 Å². The van der Waals surface area contributed by atoms with Crippen molar-refractivity contribution >= 4 is 17.2 Å². The zero-order valence-electron chi connectivity index (χ0n) is 11.0. The minimum absolute atomic E-state index is 0.0290. The minimum Gasteiger partial charge on any atom is -0.339 e. The van der Waals surface area contributed by atoms with Crippen LogP contribution in [0.15, 0.2) is 21.3 Å². The first-order valence-corrected chi connectivity index (χ1v) is 7.94. The average Bonchev–Trinajstić information content (AvgIpc) is 2.97.